The first-order valence-corrected chi connectivity index (χ1v) is 10.7. The number of carbonyl (C=O) groups excluding carboxylic acids is 1. The Morgan fingerprint density at radius 1 is 1.03 bits per heavy atom. The first kappa shape index (κ1) is 29.6. The first-order valence-electron chi connectivity index (χ1n) is 10.7. The summed E-state index contributed by atoms with van der Waals surface area (Å²) in [5, 5.41) is 11.8. The molecule has 30 heavy (non-hydrogen) atoms. The maximum Gasteiger partial charge on any atom is 0.204 e. The van der Waals surface area contributed by atoms with Crippen LogP contribution in [0.5, 0.6) is 0 Å². The van der Waals surface area contributed by atoms with Crippen LogP contribution in [0.2, 0.25) is 0 Å². The van der Waals surface area contributed by atoms with Crippen LogP contribution in [0.1, 0.15) is 46.6 Å². The van der Waals surface area contributed by atoms with E-state index < -0.39 is 0 Å². The lowest BCUT2D eigenvalue weighted by Crippen LogP contribution is -2.05. The van der Waals surface area contributed by atoms with E-state index in [0.29, 0.717) is 11.8 Å². The van der Waals surface area contributed by atoms with Crippen molar-refractivity contribution in [3.05, 3.63) is 66.7 Å². The van der Waals surface area contributed by atoms with E-state index in [2.05, 4.69) is 86.9 Å². The van der Waals surface area contributed by atoms with E-state index in [1.807, 2.05) is 27.0 Å². The van der Waals surface area contributed by atoms with Crippen LogP contribution in [0.25, 0.3) is 11.1 Å². The SMILES string of the molecule is C=CC(CO)CC(C)C.CC.CCc1ccc(-c2ccc(NC)cc2)cc1.NC=O. The average molecular weight is 415 g/mol. The number of hydrogen-bond acceptors (Lipinski definition) is 3. The third-order valence-corrected chi connectivity index (χ3v) is 4.21. The van der Waals surface area contributed by atoms with Crippen LogP contribution >= 0.6 is 0 Å². The van der Waals surface area contributed by atoms with Crippen molar-refractivity contribution >= 4 is 12.1 Å². The Bertz CT molecular complexity index is 604. The topological polar surface area (TPSA) is 75.3 Å². The van der Waals surface area contributed by atoms with Gasteiger partial charge >= 0.3 is 0 Å². The van der Waals surface area contributed by atoms with Gasteiger partial charge in [-0.3, -0.25) is 4.79 Å². The number of anilines is 1. The second kappa shape index (κ2) is 19.7. The van der Waals surface area contributed by atoms with Crippen LogP contribution in [0.4, 0.5) is 5.69 Å². The van der Waals surface area contributed by atoms with Crippen LogP contribution in [-0.4, -0.2) is 25.2 Å². The summed E-state index contributed by atoms with van der Waals surface area (Å²) in [7, 11) is 1.94. The first-order chi connectivity index (χ1) is 14.4. The van der Waals surface area contributed by atoms with Crippen LogP contribution < -0.4 is 11.1 Å². The quantitative estimate of drug-likeness (QED) is 0.389. The molecular weight excluding hydrogens is 372 g/mol. The minimum absolute atomic E-state index is 0.238. The maximum absolute atomic E-state index is 8.70. The number of benzene rings is 2. The Labute approximate surface area is 184 Å². The normalized spacial score (nSPS) is 10.1. The van der Waals surface area contributed by atoms with Gasteiger partial charge in [0.25, 0.3) is 0 Å². The van der Waals surface area contributed by atoms with Crippen molar-refractivity contribution in [3.63, 3.8) is 0 Å². The third kappa shape index (κ3) is 13.6. The van der Waals surface area contributed by atoms with Gasteiger partial charge in [-0.05, 0) is 53.5 Å². The minimum atomic E-state index is 0.238. The highest BCUT2D eigenvalue weighted by molar-refractivity contribution is 5.66. The summed E-state index contributed by atoms with van der Waals surface area (Å²) in [6, 6.07) is 17.3. The molecule has 0 saturated heterocycles. The molecule has 0 bridgehead atoms. The summed E-state index contributed by atoms with van der Waals surface area (Å²) in [4.78, 5) is 8.58. The zero-order valence-corrected chi connectivity index (χ0v) is 19.7. The summed E-state index contributed by atoms with van der Waals surface area (Å²) < 4.78 is 0. The number of aliphatic hydroxyl groups is 1. The number of nitrogens with one attached hydrogen (secondary N) is 1. The van der Waals surface area contributed by atoms with Crippen LogP contribution in [0, 0.1) is 11.8 Å². The molecule has 4 N–H and O–H groups in total. The second-order valence-corrected chi connectivity index (χ2v) is 6.82. The van der Waals surface area contributed by atoms with Crippen molar-refractivity contribution in [2.75, 3.05) is 19.0 Å². The molecule has 2 aromatic rings. The fourth-order valence-corrected chi connectivity index (χ4v) is 2.61. The highest BCUT2D eigenvalue weighted by Gasteiger charge is 2.03. The molecule has 1 unspecified atom stereocenters. The van der Waals surface area contributed by atoms with Crippen molar-refractivity contribution in [2.45, 2.75) is 47.5 Å². The zero-order chi connectivity index (χ0) is 23.4. The molecule has 0 aliphatic heterocycles. The number of carbonyl (C=O) groups is 1. The van der Waals surface area contributed by atoms with E-state index in [-0.39, 0.29) is 13.0 Å². The fraction of sp³-hybridized carbons (Fsp3) is 0.423. The van der Waals surface area contributed by atoms with Gasteiger partial charge in [0.1, 0.15) is 0 Å². The number of aliphatic hydroxyl groups excluding tert-OH is 1. The smallest absolute Gasteiger partial charge is 0.204 e. The van der Waals surface area contributed by atoms with Gasteiger partial charge in [-0.25, -0.2) is 0 Å². The molecule has 1 atom stereocenters. The molecule has 0 aliphatic carbocycles. The Hall–Kier alpha value is -2.59. The van der Waals surface area contributed by atoms with Gasteiger partial charge in [-0.15, -0.1) is 6.58 Å². The monoisotopic (exact) mass is 414 g/mol. The van der Waals surface area contributed by atoms with E-state index in [0.717, 1.165) is 18.5 Å². The molecule has 0 spiro atoms. The highest BCUT2D eigenvalue weighted by atomic mass is 16.3. The molecule has 4 heteroatoms. The summed E-state index contributed by atoms with van der Waals surface area (Å²) in [6.07, 6.45) is 4.21. The molecule has 1 amide bonds. The van der Waals surface area contributed by atoms with Crippen molar-refractivity contribution in [3.8, 4) is 11.1 Å². The molecule has 0 aliphatic rings. The molecule has 4 nitrogen and oxygen atoms in total. The van der Waals surface area contributed by atoms with Gasteiger partial charge in [-0.2, -0.15) is 0 Å². The predicted octanol–water partition coefficient (Wildman–Crippen LogP) is 5.91. The summed E-state index contributed by atoms with van der Waals surface area (Å²) in [5.74, 6) is 0.949. The Kier molecular flexibility index (Phi) is 19.5. The predicted molar refractivity (Wildman–Crippen MR) is 133 cm³/mol. The Balaban J connectivity index is 0. The van der Waals surface area contributed by atoms with Crippen molar-refractivity contribution in [1.82, 2.24) is 0 Å². The van der Waals surface area contributed by atoms with Gasteiger partial charge in [0.05, 0.1) is 0 Å². The van der Waals surface area contributed by atoms with Crippen LogP contribution in [-0.2, 0) is 11.2 Å². The van der Waals surface area contributed by atoms with E-state index in [1.165, 1.54) is 16.7 Å². The van der Waals surface area contributed by atoms with Gasteiger partial charge in [0.15, 0.2) is 0 Å². The third-order valence-electron chi connectivity index (χ3n) is 4.21. The van der Waals surface area contributed by atoms with Gasteiger partial charge in [-0.1, -0.05) is 77.1 Å². The van der Waals surface area contributed by atoms with E-state index in [1.54, 1.807) is 0 Å². The van der Waals surface area contributed by atoms with Crippen LogP contribution in [0.15, 0.2) is 61.2 Å². The number of rotatable bonds is 7. The van der Waals surface area contributed by atoms with Gasteiger partial charge < -0.3 is 16.2 Å². The zero-order valence-electron chi connectivity index (χ0n) is 19.7. The van der Waals surface area contributed by atoms with Crippen molar-refractivity contribution < 1.29 is 9.90 Å². The largest absolute Gasteiger partial charge is 0.396 e. The van der Waals surface area contributed by atoms with Crippen molar-refractivity contribution in [2.24, 2.45) is 17.6 Å². The lowest BCUT2D eigenvalue weighted by Gasteiger charge is -2.10. The highest BCUT2D eigenvalue weighted by Crippen LogP contribution is 2.21. The standard InChI is InChI=1S/C15H17N.C8H16O.C2H6.CH3NO/c1-3-12-4-6-13(7-5-12)14-8-10-15(16-2)11-9-14;1-4-8(6-9)5-7(2)3;1-2;2-1-3/h4-11,16H,3H2,1-2H3;4,7-9H,1,5-6H2,2-3H3;1-2H3;1H,(H2,2,3). The minimum Gasteiger partial charge on any atom is -0.396 e. The molecule has 0 aromatic heterocycles. The lowest BCUT2D eigenvalue weighted by atomic mass is 9.98. The summed E-state index contributed by atoms with van der Waals surface area (Å²) in [5.41, 5.74) is 9.24. The number of hydrogen-bond donors (Lipinski definition) is 3. The van der Waals surface area contributed by atoms with Crippen molar-refractivity contribution in [1.29, 1.82) is 0 Å². The second-order valence-electron chi connectivity index (χ2n) is 6.82. The molecule has 0 fully saturated rings. The lowest BCUT2D eigenvalue weighted by molar-refractivity contribution is -0.106. The summed E-state index contributed by atoms with van der Waals surface area (Å²) in [6.45, 7) is 14.3. The Morgan fingerprint density at radius 3 is 1.73 bits per heavy atom. The number of primary amides is 1. The molecule has 0 radical (unpaired) electrons. The Morgan fingerprint density at radius 2 is 1.47 bits per heavy atom. The number of amides is 1. The fourth-order valence-electron chi connectivity index (χ4n) is 2.61. The van der Waals surface area contributed by atoms with E-state index >= 15 is 0 Å². The summed E-state index contributed by atoms with van der Waals surface area (Å²) >= 11 is 0. The molecule has 168 valence electrons. The van der Waals surface area contributed by atoms with Gasteiger partial charge in [0.2, 0.25) is 6.41 Å². The molecule has 2 aromatic carbocycles. The van der Waals surface area contributed by atoms with E-state index in [9.17, 15) is 0 Å². The maximum atomic E-state index is 8.70. The van der Waals surface area contributed by atoms with Crippen LogP contribution in [0.3, 0.4) is 0 Å². The van der Waals surface area contributed by atoms with Gasteiger partial charge in [0, 0.05) is 19.3 Å². The number of nitrogens with two attached hydrogens (primary N) is 1. The molecule has 0 saturated carbocycles. The molecule has 2 rings (SSSR count). The van der Waals surface area contributed by atoms with E-state index in [4.69, 9.17) is 9.90 Å². The molecular formula is C26H42N2O2. The average Bonchev–Trinajstić information content (AvgIpc) is 2.80. The molecule has 0 heterocycles. The number of aryl methyl sites for hydroxylation is 1.